The van der Waals surface area contributed by atoms with Crippen molar-refractivity contribution in [3.05, 3.63) is 52.8 Å². The normalized spacial score (nSPS) is 15.4. The Labute approximate surface area is 143 Å². The minimum absolute atomic E-state index is 0.516. The predicted molar refractivity (Wildman–Crippen MR) is 87.6 cm³/mol. The van der Waals surface area contributed by atoms with Crippen LogP contribution in [0.4, 0.5) is 5.95 Å². The molecule has 1 N–H and O–H groups in total. The van der Waals surface area contributed by atoms with Gasteiger partial charge in [-0.15, -0.1) is 0 Å². The van der Waals surface area contributed by atoms with E-state index in [2.05, 4.69) is 25.1 Å². The van der Waals surface area contributed by atoms with Crippen LogP contribution in [0.5, 0.6) is 0 Å². The first-order valence-corrected chi connectivity index (χ1v) is 7.94. The fourth-order valence-corrected chi connectivity index (χ4v) is 2.96. The van der Waals surface area contributed by atoms with Crippen LogP contribution in [0.25, 0.3) is 0 Å². The summed E-state index contributed by atoms with van der Waals surface area (Å²) < 4.78 is 3.57. The molecular weight excluding hydrogens is 330 g/mol. The van der Waals surface area contributed by atoms with Crippen molar-refractivity contribution in [2.24, 2.45) is 7.05 Å². The average Bonchev–Trinajstić information content (AvgIpc) is 3.20. The van der Waals surface area contributed by atoms with Crippen LogP contribution in [-0.2, 0) is 20.1 Å². The number of aliphatic hydroxyl groups excluding tert-OH is 1. The Balaban J connectivity index is 1.58. The number of fused-ring (bicyclic) bond motifs is 1. The number of aliphatic hydroxyl groups is 1. The fraction of sp³-hybridized carbons (Fsp3) is 0.333. The molecular formula is C15H16ClN7O. The lowest BCUT2D eigenvalue weighted by molar-refractivity contribution is 0.203. The SMILES string of the molecule is Cn1nccc1[C@H](O)c1cc2n(n1)CCN(c1ncc(Cl)cn1)C2. The molecule has 1 atom stereocenters. The highest BCUT2D eigenvalue weighted by molar-refractivity contribution is 6.30. The van der Waals surface area contributed by atoms with Crippen molar-refractivity contribution in [3.8, 4) is 0 Å². The molecule has 1 aliphatic rings. The van der Waals surface area contributed by atoms with Crippen LogP contribution >= 0.6 is 11.6 Å². The quantitative estimate of drug-likeness (QED) is 0.766. The molecule has 0 amide bonds. The first-order chi connectivity index (χ1) is 11.6. The lowest BCUT2D eigenvalue weighted by Crippen LogP contribution is -2.34. The maximum atomic E-state index is 10.5. The molecule has 0 radical (unpaired) electrons. The molecule has 4 heterocycles. The van der Waals surface area contributed by atoms with Gasteiger partial charge in [-0.25, -0.2) is 9.97 Å². The van der Waals surface area contributed by atoms with Gasteiger partial charge in [0.05, 0.1) is 47.6 Å². The highest BCUT2D eigenvalue weighted by Gasteiger charge is 2.24. The lowest BCUT2D eigenvalue weighted by Gasteiger charge is -2.27. The second kappa shape index (κ2) is 5.88. The van der Waals surface area contributed by atoms with E-state index >= 15 is 0 Å². The summed E-state index contributed by atoms with van der Waals surface area (Å²) in [7, 11) is 1.80. The molecule has 0 bridgehead atoms. The van der Waals surface area contributed by atoms with E-state index in [4.69, 9.17) is 11.6 Å². The molecule has 9 heteroatoms. The third-order valence-corrected chi connectivity index (χ3v) is 4.32. The Morgan fingerprint density at radius 2 is 2.04 bits per heavy atom. The van der Waals surface area contributed by atoms with Crippen molar-refractivity contribution in [1.82, 2.24) is 29.5 Å². The van der Waals surface area contributed by atoms with E-state index in [9.17, 15) is 5.11 Å². The zero-order chi connectivity index (χ0) is 16.7. The van der Waals surface area contributed by atoms with Gasteiger partial charge in [0.25, 0.3) is 0 Å². The minimum atomic E-state index is -0.796. The van der Waals surface area contributed by atoms with E-state index in [-0.39, 0.29) is 0 Å². The number of halogens is 1. The molecule has 3 aromatic rings. The van der Waals surface area contributed by atoms with Gasteiger partial charge in [-0.2, -0.15) is 10.2 Å². The van der Waals surface area contributed by atoms with Gasteiger partial charge in [0.1, 0.15) is 6.10 Å². The summed E-state index contributed by atoms with van der Waals surface area (Å²) in [5.41, 5.74) is 2.34. The average molecular weight is 346 g/mol. The van der Waals surface area contributed by atoms with Crippen molar-refractivity contribution >= 4 is 17.5 Å². The van der Waals surface area contributed by atoms with Gasteiger partial charge >= 0.3 is 0 Å². The van der Waals surface area contributed by atoms with Gasteiger partial charge in [-0.1, -0.05) is 11.6 Å². The number of rotatable bonds is 3. The van der Waals surface area contributed by atoms with Crippen molar-refractivity contribution in [1.29, 1.82) is 0 Å². The van der Waals surface area contributed by atoms with E-state index in [0.717, 1.165) is 12.2 Å². The van der Waals surface area contributed by atoms with Gasteiger partial charge < -0.3 is 10.0 Å². The second-order valence-corrected chi connectivity index (χ2v) is 6.13. The van der Waals surface area contributed by atoms with E-state index in [1.165, 1.54) is 0 Å². The highest BCUT2D eigenvalue weighted by Crippen LogP contribution is 2.24. The molecule has 0 fully saturated rings. The third-order valence-electron chi connectivity index (χ3n) is 4.13. The van der Waals surface area contributed by atoms with Crippen molar-refractivity contribution < 1.29 is 5.11 Å². The van der Waals surface area contributed by atoms with Crippen molar-refractivity contribution in [2.45, 2.75) is 19.2 Å². The Bertz CT molecular complexity index is 857. The zero-order valence-electron chi connectivity index (χ0n) is 13.0. The number of hydrogen-bond acceptors (Lipinski definition) is 6. The van der Waals surface area contributed by atoms with E-state index in [1.54, 1.807) is 36.4 Å². The van der Waals surface area contributed by atoms with E-state index < -0.39 is 6.10 Å². The molecule has 8 nitrogen and oxygen atoms in total. The topological polar surface area (TPSA) is 84.9 Å². The lowest BCUT2D eigenvalue weighted by atomic mass is 10.1. The van der Waals surface area contributed by atoms with Crippen LogP contribution in [0.2, 0.25) is 5.02 Å². The molecule has 1 aliphatic heterocycles. The highest BCUT2D eigenvalue weighted by atomic mass is 35.5. The molecule has 4 rings (SSSR count). The monoisotopic (exact) mass is 345 g/mol. The summed E-state index contributed by atoms with van der Waals surface area (Å²) in [6, 6.07) is 3.70. The number of hydrogen-bond donors (Lipinski definition) is 1. The number of aryl methyl sites for hydroxylation is 1. The molecule has 0 unspecified atom stereocenters. The molecule has 3 aromatic heterocycles. The number of anilines is 1. The number of nitrogens with zero attached hydrogens (tertiary/aromatic N) is 7. The van der Waals surface area contributed by atoms with Crippen molar-refractivity contribution in [2.75, 3.05) is 11.4 Å². The molecule has 124 valence electrons. The third kappa shape index (κ3) is 2.63. The summed E-state index contributed by atoms with van der Waals surface area (Å²) in [6.07, 6.45) is 4.05. The van der Waals surface area contributed by atoms with Crippen LogP contribution in [0.3, 0.4) is 0 Å². The predicted octanol–water partition coefficient (Wildman–Crippen LogP) is 1.16. The van der Waals surface area contributed by atoms with Gasteiger partial charge in [-0.3, -0.25) is 9.36 Å². The summed E-state index contributed by atoms with van der Waals surface area (Å²) in [6.45, 7) is 2.09. The van der Waals surface area contributed by atoms with Gasteiger partial charge in [-0.05, 0) is 12.1 Å². The van der Waals surface area contributed by atoms with Gasteiger partial charge in [0.15, 0.2) is 0 Å². The Hall–Kier alpha value is -2.45. The smallest absolute Gasteiger partial charge is 0.225 e. The van der Waals surface area contributed by atoms with Crippen molar-refractivity contribution in [3.63, 3.8) is 0 Å². The standard InChI is InChI=1S/C15H16ClN7O/c1-21-13(2-3-19-21)14(24)12-6-11-9-22(4-5-23(11)20-12)15-17-7-10(16)8-18-15/h2-3,6-8,14,24H,4-5,9H2,1H3/t14-/m1/s1. The minimum Gasteiger partial charge on any atom is -0.380 e. The zero-order valence-corrected chi connectivity index (χ0v) is 13.8. The molecule has 24 heavy (non-hydrogen) atoms. The Morgan fingerprint density at radius 1 is 1.25 bits per heavy atom. The fourth-order valence-electron chi connectivity index (χ4n) is 2.87. The van der Waals surface area contributed by atoms with Crippen LogP contribution in [0.1, 0.15) is 23.2 Å². The second-order valence-electron chi connectivity index (χ2n) is 5.69. The summed E-state index contributed by atoms with van der Waals surface area (Å²) in [4.78, 5) is 10.6. The Morgan fingerprint density at radius 3 is 2.75 bits per heavy atom. The first-order valence-electron chi connectivity index (χ1n) is 7.57. The summed E-state index contributed by atoms with van der Waals surface area (Å²) in [5, 5.41) is 19.7. The van der Waals surface area contributed by atoms with Crippen LogP contribution < -0.4 is 4.90 Å². The first kappa shape index (κ1) is 15.1. The number of aromatic nitrogens is 6. The largest absolute Gasteiger partial charge is 0.380 e. The maximum Gasteiger partial charge on any atom is 0.225 e. The maximum absolute atomic E-state index is 10.5. The molecule has 0 saturated carbocycles. The van der Waals surface area contributed by atoms with Crippen LogP contribution in [0, 0.1) is 0 Å². The summed E-state index contributed by atoms with van der Waals surface area (Å²) >= 11 is 5.84. The molecule has 0 saturated heterocycles. The Kier molecular flexibility index (Phi) is 3.70. The van der Waals surface area contributed by atoms with Gasteiger partial charge in [0, 0.05) is 19.8 Å². The molecule has 0 aliphatic carbocycles. The van der Waals surface area contributed by atoms with Gasteiger partial charge in [0.2, 0.25) is 5.95 Å². The molecule has 0 spiro atoms. The van der Waals surface area contributed by atoms with Crippen LogP contribution in [0.15, 0.2) is 30.7 Å². The summed E-state index contributed by atoms with van der Waals surface area (Å²) in [5.74, 6) is 0.639. The van der Waals surface area contributed by atoms with E-state index in [1.807, 2.05) is 10.7 Å². The van der Waals surface area contributed by atoms with Crippen LogP contribution in [-0.4, -0.2) is 41.2 Å². The molecule has 0 aromatic carbocycles. The van der Waals surface area contributed by atoms with E-state index in [0.29, 0.717) is 35.4 Å².